The first-order valence-corrected chi connectivity index (χ1v) is 12.0. The van der Waals surface area contributed by atoms with Crippen molar-refractivity contribution < 1.29 is 14.6 Å². The van der Waals surface area contributed by atoms with E-state index in [1.54, 1.807) is 0 Å². The third kappa shape index (κ3) is 2.30. The van der Waals surface area contributed by atoms with Crippen molar-refractivity contribution in [1.82, 2.24) is 0 Å². The van der Waals surface area contributed by atoms with Gasteiger partial charge in [0.2, 0.25) is 0 Å². The fourth-order valence-electron chi connectivity index (χ4n) is 8.92. The quantitative estimate of drug-likeness (QED) is 0.551. The van der Waals surface area contributed by atoms with Crippen LogP contribution in [0.3, 0.4) is 0 Å². The average molecular weight is 411 g/mol. The molecule has 0 unspecified atom stereocenters. The van der Waals surface area contributed by atoms with Gasteiger partial charge >= 0.3 is 0 Å². The number of aromatic hydroxyl groups is 1. The lowest BCUT2D eigenvalue weighted by molar-refractivity contribution is -0.222. The molecule has 3 heteroatoms. The van der Waals surface area contributed by atoms with Crippen LogP contribution in [-0.4, -0.2) is 16.5 Å². The van der Waals surface area contributed by atoms with Gasteiger partial charge in [0.1, 0.15) is 22.9 Å². The van der Waals surface area contributed by atoms with Gasteiger partial charge < -0.3 is 9.84 Å². The Hall–Kier alpha value is -1.51. The van der Waals surface area contributed by atoms with Crippen LogP contribution in [-0.2, 0) is 11.2 Å². The van der Waals surface area contributed by atoms with E-state index in [-0.39, 0.29) is 21.8 Å². The molecule has 0 aromatic heterocycles. The maximum absolute atomic E-state index is 12.8. The predicted octanol–water partition coefficient (Wildman–Crippen LogP) is 6.23. The Bertz CT molecular complexity index is 917. The van der Waals surface area contributed by atoms with E-state index < -0.39 is 0 Å². The summed E-state index contributed by atoms with van der Waals surface area (Å²) in [5, 5.41) is 10.2. The van der Waals surface area contributed by atoms with Gasteiger partial charge in [-0.05, 0) is 79.9 Å². The van der Waals surface area contributed by atoms with Crippen LogP contribution in [0.5, 0.6) is 11.5 Å². The van der Waals surface area contributed by atoms with Crippen molar-refractivity contribution in [2.75, 3.05) is 0 Å². The minimum atomic E-state index is -0.216. The molecule has 0 amide bonds. The number of phenolic OH excluding ortho intramolecular Hbond substituents is 1. The van der Waals surface area contributed by atoms with Crippen molar-refractivity contribution in [3.05, 3.63) is 23.3 Å². The van der Waals surface area contributed by atoms with Gasteiger partial charge in [-0.3, -0.25) is 4.79 Å². The Morgan fingerprint density at radius 1 is 1.03 bits per heavy atom. The molecule has 1 N–H and O–H groups in total. The lowest BCUT2D eigenvalue weighted by atomic mass is 9.37. The molecule has 164 valence electrons. The number of hydrogen-bond donors (Lipinski definition) is 1. The van der Waals surface area contributed by atoms with Crippen molar-refractivity contribution in [2.45, 2.75) is 92.1 Å². The molecule has 3 aliphatic carbocycles. The Morgan fingerprint density at radius 2 is 1.77 bits per heavy atom. The van der Waals surface area contributed by atoms with Crippen LogP contribution < -0.4 is 4.74 Å². The summed E-state index contributed by atoms with van der Waals surface area (Å²) < 4.78 is 7.03. The molecule has 1 aromatic carbocycles. The molecule has 4 aliphatic rings. The molecule has 6 atom stereocenters. The molecule has 1 aromatic rings. The monoisotopic (exact) mass is 410 g/mol. The number of Topliss-reactive ketones (excluding diaryl/α,β-unsaturated/α-hetero) is 1. The molecule has 3 fully saturated rings. The molecule has 0 radical (unpaired) electrons. The van der Waals surface area contributed by atoms with Gasteiger partial charge in [0.05, 0.1) is 0 Å². The third-order valence-corrected chi connectivity index (χ3v) is 10.5. The molecule has 3 nitrogen and oxygen atoms in total. The van der Waals surface area contributed by atoms with Crippen LogP contribution in [0.4, 0.5) is 0 Å². The zero-order chi connectivity index (χ0) is 21.7. The van der Waals surface area contributed by atoms with E-state index in [2.05, 4.69) is 41.5 Å². The molecule has 1 aliphatic heterocycles. The first kappa shape index (κ1) is 20.4. The fraction of sp³-hybridized carbons (Fsp3) is 0.741. The van der Waals surface area contributed by atoms with Crippen molar-refractivity contribution in [3.8, 4) is 11.5 Å². The van der Waals surface area contributed by atoms with Crippen molar-refractivity contribution in [1.29, 1.82) is 0 Å². The minimum absolute atomic E-state index is 0.0768. The SMILES string of the molecule is Cc1cc(O)cc2c1O[C@]1(C2)[C@@H](C)CC[C@@H]2[C@@]3(C)CCC(=O)C(C)(C)[C@@H]3CC[C@]21C. The number of ether oxygens (including phenoxy) is 1. The van der Waals surface area contributed by atoms with E-state index in [1.807, 2.05) is 12.1 Å². The third-order valence-electron chi connectivity index (χ3n) is 10.5. The molecule has 5 rings (SSSR count). The van der Waals surface area contributed by atoms with Crippen LogP contribution in [0.25, 0.3) is 0 Å². The Balaban J connectivity index is 1.60. The number of ketones is 1. The average Bonchev–Trinajstić information content (AvgIpc) is 3.05. The second kappa shape index (κ2) is 6.04. The molecular weight excluding hydrogens is 372 g/mol. The summed E-state index contributed by atoms with van der Waals surface area (Å²) in [4.78, 5) is 12.8. The first-order valence-electron chi connectivity index (χ1n) is 12.0. The first-order chi connectivity index (χ1) is 14.0. The number of aryl methyl sites for hydroxylation is 1. The topological polar surface area (TPSA) is 46.5 Å². The maximum atomic E-state index is 12.8. The normalized spacial score (nSPS) is 44.2. The number of carbonyl (C=O) groups excluding carboxylic acids is 1. The summed E-state index contributed by atoms with van der Waals surface area (Å²) in [5.74, 6) is 3.32. The van der Waals surface area contributed by atoms with Gasteiger partial charge in [0.25, 0.3) is 0 Å². The maximum Gasteiger partial charge on any atom is 0.138 e. The van der Waals surface area contributed by atoms with Crippen molar-refractivity contribution in [3.63, 3.8) is 0 Å². The van der Waals surface area contributed by atoms with E-state index in [1.165, 1.54) is 18.4 Å². The standard InChI is InChI=1S/C27H38O3/c1-16-13-19(28)14-18-15-27(30-23(16)18)17(2)7-8-21-25(5)11-10-22(29)24(3,4)20(25)9-12-26(21,27)6/h13-14,17,20-21,28H,7-12,15H2,1-6H3/t17-,20-,21+,25-,26+,27+/m0/s1. The van der Waals surface area contributed by atoms with Crippen LogP contribution >= 0.6 is 0 Å². The fourth-order valence-corrected chi connectivity index (χ4v) is 8.92. The highest BCUT2D eigenvalue weighted by atomic mass is 16.5. The highest BCUT2D eigenvalue weighted by molar-refractivity contribution is 5.85. The number of fused-ring (bicyclic) bond motifs is 5. The minimum Gasteiger partial charge on any atom is -0.508 e. The van der Waals surface area contributed by atoms with E-state index in [4.69, 9.17) is 4.74 Å². The zero-order valence-electron chi connectivity index (χ0n) is 19.6. The number of carbonyl (C=O) groups is 1. The van der Waals surface area contributed by atoms with E-state index >= 15 is 0 Å². The lowest BCUT2D eigenvalue weighted by Crippen LogP contribution is -2.68. The van der Waals surface area contributed by atoms with E-state index in [9.17, 15) is 9.90 Å². The van der Waals surface area contributed by atoms with E-state index in [0.29, 0.717) is 29.3 Å². The molecule has 0 bridgehead atoms. The van der Waals surface area contributed by atoms with E-state index in [0.717, 1.165) is 43.4 Å². The number of benzene rings is 1. The second-order valence-electron chi connectivity index (χ2n) is 12.1. The number of phenols is 1. The van der Waals surface area contributed by atoms with Gasteiger partial charge in [-0.2, -0.15) is 0 Å². The highest BCUT2D eigenvalue weighted by Gasteiger charge is 2.69. The van der Waals surface area contributed by atoms with Gasteiger partial charge in [0.15, 0.2) is 0 Å². The largest absolute Gasteiger partial charge is 0.508 e. The molecule has 0 saturated heterocycles. The number of hydrogen-bond acceptors (Lipinski definition) is 3. The van der Waals surface area contributed by atoms with Crippen molar-refractivity contribution >= 4 is 5.78 Å². The molecule has 30 heavy (non-hydrogen) atoms. The Morgan fingerprint density at radius 3 is 2.50 bits per heavy atom. The summed E-state index contributed by atoms with van der Waals surface area (Å²) in [6, 6.07) is 3.76. The molecule has 1 heterocycles. The van der Waals surface area contributed by atoms with Gasteiger partial charge in [-0.15, -0.1) is 0 Å². The Labute approximate surface area is 181 Å². The second-order valence-corrected chi connectivity index (χ2v) is 12.1. The smallest absolute Gasteiger partial charge is 0.138 e. The summed E-state index contributed by atoms with van der Waals surface area (Å²) in [5.41, 5.74) is 2.06. The van der Waals surface area contributed by atoms with Crippen LogP contribution in [0.2, 0.25) is 0 Å². The van der Waals surface area contributed by atoms with Gasteiger partial charge in [0, 0.05) is 29.2 Å². The summed E-state index contributed by atoms with van der Waals surface area (Å²) in [6.45, 7) is 13.8. The molecule has 3 saturated carbocycles. The van der Waals surface area contributed by atoms with Crippen LogP contribution in [0.1, 0.15) is 84.3 Å². The molecule has 1 spiro atoms. The van der Waals surface area contributed by atoms with Crippen molar-refractivity contribution in [2.24, 2.45) is 34.0 Å². The lowest BCUT2D eigenvalue weighted by Gasteiger charge is -2.68. The van der Waals surface area contributed by atoms with Crippen LogP contribution in [0.15, 0.2) is 12.1 Å². The number of rotatable bonds is 0. The molecular formula is C27H38O3. The van der Waals surface area contributed by atoms with Crippen LogP contribution in [0, 0.1) is 40.9 Å². The van der Waals surface area contributed by atoms with Gasteiger partial charge in [-0.25, -0.2) is 0 Å². The summed E-state index contributed by atoms with van der Waals surface area (Å²) in [6.07, 6.45) is 7.30. The Kier molecular flexibility index (Phi) is 4.11. The zero-order valence-corrected chi connectivity index (χ0v) is 19.6. The predicted molar refractivity (Wildman–Crippen MR) is 119 cm³/mol. The summed E-state index contributed by atoms with van der Waals surface area (Å²) in [7, 11) is 0. The van der Waals surface area contributed by atoms with Gasteiger partial charge in [-0.1, -0.05) is 34.6 Å². The summed E-state index contributed by atoms with van der Waals surface area (Å²) >= 11 is 0. The highest BCUT2D eigenvalue weighted by Crippen LogP contribution is 2.71.